The number of hydroxylamine groups is 5. The van der Waals surface area contributed by atoms with E-state index in [4.69, 9.17) is 26.0 Å². The second kappa shape index (κ2) is 43.3. The topological polar surface area (TPSA) is 247 Å². The van der Waals surface area contributed by atoms with E-state index in [9.17, 15) is 24.0 Å². The third-order valence-electron chi connectivity index (χ3n) is 11.8. The molecule has 0 radical (unpaired) electrons. The summed E-state index contributed by atoms with van der Waals surface area (Å²) in [5, 5.41) is 41.8. The maximum Gasteiger partial charge on any atom is 0.274 e. The van der Waals surface area contributed by atoms with Gasteiger partial charge in [-0.2, -0.15) is 0 Å². The van der Waals surface area contributed by atoms with Crippen molar-refractivity contribution in [2.45, 2.75) is 178 Å². The summed E-state index contributed by atoms with van der Waals surface area (Å²) in [7, 11) is 0. The highest BCUT2D eigenvalue weighted by Gasteiger charge is 2.07. The van der Waals surface area contributed by atoms with E-state index >= 15 is 0 Å². The largest absolute Gasteiger partial charge is 0.289 e. The summed E-state index contributed by atoms with van der Waals surface area (Å²) in [6.45, 7) is 19.8. The van der Waals surface area contributed by atoms with Crippen molar-refractivity contribution < 1.29 is 50.0 Å². The first kappa shape index (κ1) is 69.0. The Hall–Kier alpha value is -5.97. The predicted octanol–water partition coefficient (Wildman–Crippen LogP) is 12.1. The van der Waals surface area contributed by atoms with Gasteiger partial charge in [0.25, 0.3) is 11.8 Å². The minimum atomic E-state index is -0.474. The first-order valence-corrected chi connectivity index (χ1v) is 26.8. The van der Waals surface area contributed by atoms with Crippen LogP contribution in [-0.2, 0) is 52.9 Å². The minimum Gasteiger partial charge on any atom is -0.289 e. The second-order valence-corrected chi connectivity index (χ2v) is 20.4. The lowest BCUT2D eigenvalue weighted by Gasteiger charge is -2.07. The van der Waals surface area contributed by atoms with E-state index in [0.717, 1.165) is 67.4 Å². The van der Waals surface area contributed by atoms with Crippen LogP contribution in [0.1, 0.15) is 193 Å². The van der Waals surface area contributed by atoms with Crippen molar-refractivity contribution in [3.63, 3.8) is 0 Å². The molecule has 4 aromatic rings. The predicted molar refractivity (Wildman–Crippen MR) is 297 cm³/mol. The number of amides is 5. The zero-order valence-corrected chi connectivity index (χ0v) is 46.6. The molecule has 15 heteroatoms. The molecule has 418 valence electrons. The summed E-state index contributed by atoms with van der Waals surface area (Å²) in [4.78, 5) is 54.4. The van der Waals surface area contributed by atoms with Crippen molar-refractivity contribution in [1.82, 2.24) is 27.4 Å². The molecule has 15 nitrogen and oxygen atoms in total. The van der Waals surface area contributed by atoms with Crippen LogP contribution in [0.15, 0.2) is 97.1 Å². The number of hydrogen-bond donors (Lipinski definition) is 10. The number of aryl methyl sites for hydroxylation is 5. The molecule has 4 aromatic carbocycles. The van der Waals surface area contributed by atoms with Gasteiger partial charge in [0, 0.05) is 30.4 Å². The Kier molecular flexibility index (Phi) is 39.8. The number of rotatable bonds is 26. The van der Waals surface area contributed by atoms with Crippen LogP contribution in [0.2, 0.25) is 0 Å². The van der Waals surface area contributed by atoms with Crippen LogP contribution >= 0.6 is 0 Å². The molecule has 0 atom stereocenters. The quantitative estimate of drug-likeness (QED) is 0.0162. The fraction of sp³-hybridized carbons (Fsp3) is 0.517. The van der Waals surface area contributed by atoms with Crippen molar-refractivity contribution in [3.8, 4) is 0 Å². The summed E-state index contributed by atoms with van der Waals surface area (Å²) in [5.41, 5.74) is 16.4. The molecule has 0 fully saturated rings. The highest BCUT2D eigenvalue weighted by molar-refractivity contribution is 5.93. The molecule has 0 aliphatic heterocycles. The van der Waals surface area contributed by atoms with Crippen molar-refractivity contribution in [1.29, 1.82) is 0 Å². The molecule has 0 saturated heterocycles. The van der Waals surface area contributed by atoms with Crippen LogP contribution < -0.4 is 27.4 Å². The smallest absolute Gasteiger partial charge is 0.274 e. The number of nitrogens with one attached hydrogen (secondary N) is 5. The van der Waals surface area contributed by atoms with Crippen LogP contribution in [0.4, 0.5) is 0 Å². The van der Waals surface area contributed by atoms with Gasteiger partial charge in [-0.25, -0.2) is 27.4 Å². The Labute approximate surface area is 448 Å². The molecule has 5 amide bonds. The molecule has 75 heavy (non-hydrogen) atoms. The molecule has 0 heterocycles. The molecule has 4 rings (SSSR count). The van der Waals surface area contributed by atoms with E-state index in [2.05, 4.69) is 79.7 Å². The van der Waals surface area contributed by atoms with Gasteiger partial charge in [0.05, 0.1) is 0 Å². The summed E-state index contributed by atoms with van der Waals surface area (Å²) < 4.78 is 0. The molecule has 0 saturated carbocycles. The van der Waals surface area contributed by atoms with Crippen LogP contribution in [0.5, 0.6) is 0 Å². The fourth-order valence-electron chi connectivity index (χ4n) is 7.47. The Morgan fingerprint density at radius 3 is 1.13 bits per heavy atom. The van der Waals surface area contributed by atoms with E-state index < -0.39 is 11.8 Å². The molecule has 10 N–H and O–H groups in total. The lowest BCUT2D eigenvalue weighted by atomic mass is 9.99. The molecule has 0 spiro atoms. The highest BCUT2D eigenvalue weighted by atomic mass is 16.5. The van der Waals surface area contributed by atoms with Gasteiger partial charge in [-0.3, -0.25) is 50.0 Å². The van der Waals surface area contributed by atoms with Gasteiger partial charge in [-0.15, -0.1) is 0 Å². The summed E-state index contributed by atoms with van der Waals surface area (Å²) in [6.07, 6.45) is 17.1. The van der Waals surface area contributed by atoms with E-state index in [1.54, 1.807) is 51.7 Å². The molecule has 0 aliphatic rings. The average Bonchev–Trinajstić information content (AvgIpc) is 3.40. The highest BCUT2D eigenvalue weighted by Crippen LogP contribution is 2.15. The monoisotopic (exact) mass is 1040 g/mol. The fourth-order valence-corrected chi connectivity index (χ4v) is 7.47. The third-order valence-corrected chi connectivity index (χ3v) is 11.8. The number of carbonyl (C=O) groups excluding carboxylic acids is 5. The lowest BCUT2D eigenvalue weighted by Crippen LogP contribution is -2.18. The maximum atomic E-state index is 11.1. The van der Waals surface area contributed by atoms with E-state index in [1.165, 1.54) is 67.2 Å². The standard InChI is InChI=1S/C15H23NO2.2C13H19NO2.C10H21NO2.C9H11NO2/c1-12(2)5-3-6-13-7-4-8-14(11-13)9-10-15(17)16-18;1-10(2)4-3-5-11-6-8-12(9-7-11)13(15)14-16;1-10(2)8-12-5-3-4-11(9-12)6-7-13(15)14-16;1-9(2)7-5-3-4-6-8-10(12)11-13;1-2-7-3-5-8(6-4-7)9(11)10-12/h4,7-8,11-12,18H,3,5-6,9-10H2,1-2H3,(H,16,17);6-10,16H,3-5H2,1-2H3,(H,14,15);3-5,9-10,16H,6-8H2,1-2H3,(H,14,15);9,13H,3-8H2,1-2H3,(H,11,12);3-6,12H,2H2,1H3,(H,10,11). The van der Waals surface area contributed by atoms with Crippen molar-refractivity contribution in [3.05, 3.63) is 142 Å². The molecule has 0 bridgehead atoms. The SMILES string of the molecule is CC(C)CCCCCCC(=O)NO.CC(C)CCCc1ccc(C(=O)NO)cc1.CC(C)CCCc1cccc(CCC(=O)NO)c1.CC(C)Cc1cccc(CCC(=O)NO)c1.CCc1ccc(C(=O)NO)cc1. The Morgan fingerprint density at radius 2 is 0.733 bits per heavy atom. The zero-order chi connectivity index (χ0) is 56.4. The summed E-state index contributed by atoms with van der Waals surface area (Å²) in [6, 6.07) is 31.1. The van der Waals surface area contributed by atoms with Gasteiger partial charge in [-0.1, -0.05) is 174 Å². The Morgan fingerprint density at radius 1 is 0.373 bits per heavy atom. The Bertz CT molecular complexity index is 2140. The van der Waals surface area contributed by atoms with Crippen LogP contribution in [0, 0.1) is 23.7 Å². The summed E-state index contributed by atoms with van der Waals surface area (Å²) in [5.74, 6) is 1.02. The van der Waals surface area contributed by atoms with Crippen molar-refractivity contribution in [2.75, 3.05) is 0 Å². The minimum absolute atomic E-state index is 0.274. The molecular weight excluding hydrogens is 951 g/mol. The first-order chi connectivity index (χ1) is 35.8. The number of carbonyl (C=O) groups is 5. The maximum absolute atomic E-state index is 11.1. The normalized spacial score (nSPS) is 10.4. The van der Waals surface area contributed by atoms with Gasteiger partial charge in [0.15, 0.2) is 0 Å². The third kappa shape index (κ3) is 37.4. The first-order valence-electron chi connectivity index (χ1n) is 26.8. The van der Waals surface area contributed by atoms with Crippen molar-refractivity contribution >= 4 is 29.5 Å². The number of unbranched alkanes of at least 4 members (excludes halogenated alkanes) is 3. The van der Waals surface area contributed by atoms with E-state index in [-0.39, 0.29) is 17.7 Å². The van der Waals surface area contributed by atoms with Gasteiger partial charge in [-0.05, 0) is 139 Å². The van der Waals surface area contributed by atoms with Gasteiger partial charge in [0.2, 0.25) is 17.7 Å². The molecular formula is C60H93N5O10. The number of benzene rings is 4. The number of hydrogen-bond acceptors (Lipinski definition) is 10. The molecule has 0 unspecified atom stereocenters. The zero-order valence-electron chi connectivity index (χ0n) is 46.6. The van der Waals surface area contributed by atoms with Gasteiger partial charge < -0.3 is 0 Å². The lowest BCUT2D eigenvalue weighted by molar-refractivity contribution is -0.129. The van der Waals surface area contributed by atoms with Crippen LogP contribution in [-0.4, -0.2) is 55.6 Å². The van der Waals surface area contributed by atoms with Crippen molar-refractivity contribution in [2.24, 2.45) is 23.7 Å². The van der Waals surface area contributed by atoms with E-state index in [1.807, 2.05) is 55.5 Å². The van der Waals surface area contributed by atoms with E-state index in [0.29, 0.717) is 49.1 Å². The summed E-state index contributed by atoms with van der Waals surface area (Å²) >= 11 is 0. The van der Waals surface area contributed by atoms with Crippen LogP contribution in [0.25, 0.3) is 0 Å². The molecule has 0 aliphatic carbocycles. The molecule has 0 aromatic heterocycles. The second-order valence-electron chi connectivity index (χ2n) is 20.4. The Balaban J connectivity index is 0.000000919. The van der Waals surface area contributed by atoms with Gasteiger partial charge in [0.1, 0.15) is 0 Å². The van der Waals surface area contributed by atoms with Gasteiger partial charge >= 0.3 is 0 Å². The average molecular weight is 1040 g/mol. The van der Waals surface area contributed by atoms with Crippen LogP contribution in [0.3, 0.4) is 0 Å².